The van der Waals surface area contributed by atoms with Crippen molar-refractivity contribution in [2.75, 3.05) is 0 Å². The smallest absolute Gasteiger partial charge is 0.0610 e. The van der Waals surface area contributed by atoms with E-state index in [0.29, 0.717) is 0 Å². The Kier molecular flexibility index (Phi) is 4.30. The summed E-state index contributed by atoms with van der Waals surface area (Å²) in [6.07, 6.45) is 1.90. The summed E-state index contributed by atoms with van der Waals surface area (Å²) in [7, 11) is 0. The van der Waals surface area contributed by atoms with Gasteiger partial charge in [0.25, 0.3) is 0 Å². The lowest BCUT2D eigenvalue weighted by Crippen LogP contribution is -1.74. The van der Waals surface area contributed by atoms with Gasteiger partial charge in [-0.2, -0.15) is 0 Å². The van der Waals surface area contributed by atoms with Gasteiger partial charge in [-0.15, -0.1) is 0 Å². The summed E-state index contributed by atoms with van der Waals surface area (Å²) in [6, 6.07) is 5.74. The van der Waals surface area contributed by atoms with Gasteiger partial charge in [-0.1, -0.05) is 33.6 Å². The molecule has 0 N–H and O–H groups in total. The normalized spacial score (nSPS) is 9.67. The van der Waals surface area contributed by atoms with Crippen LogP contribution in [0.25, 0.3) is 6.08 Å². The summed E-state index contributed by atoms with van der Waals surface area (Å²) in [5.41, 5.74) is 0.976. The molecule has 4 heteroatoms. The van der Waals surface area contributed by atoms with E-state index in [1.54, 1.807) is 0 Å². The van der Waals surface area contributed by atoms with Crippen LogP contribution in [-0.2, 0) is 0 Å². The van der Waals surface area contributed by atoms with Crippen LogP contribution in [0, 0.1) is 0 Å². The summed E-state index contributed by atoms with van der Waals surface area (Å²) in [4.78, 5) is 0. The molecule has 0 aliphatic carbocycles. The Hall–Kier alpha value is 0.690. The van der Waals surface area contributed by atoms with Gasteiger partial charge < -0.3 is 0 Å². The fourth-order valence-electron chi connectivity index (χ4n) is 0.736. The molecule has 1 aromatic rings. The molecule has 0 aromatic heterocycles. The second-order valence-corrected chi connectivity index (χ2v) is 6.20. The van der Waals surface area contributed by atoms with Crippen LogP contribution in [0.2, 0.25) is 5.02 Å². The summed E-state index contributed by atoms with van der Waals surface area (Å²) in [5, 5.41) is 0.723. The van der Waals surface area contributed by atoms with Gasteiger partial charge in [0.15, 0.2) is 0 Å². The third-order valence-electron chi connectivity index (χ3n) is 1.23. The highest BCUT2D eigenvalue weighted by molar-refractivity contribution is 9.28. The van der Waals surface area contributed by atoms with Gasteiger partial charge in [-0.05, 0) is 55.6 Å². The average Bonchev–Trinajstić information content (AvgIpc) is 1.94. The van der Waals surface area contributed by atoms with Crippen LogP contribution >= 0.6 is 59.4 Å². The number of hydrogen-bond donors (Lipinski definition) is 0. The Morgan fingerprint density at radius 2 is 2.00 bits per heavy atom. The Morgan fingerprint density at radius 1 is 1.33 bits per heavy atom. The Morgan fingerprint density at radius 3 is 2.50 bits per heavy atom. The minimum Gasteiger partial charge on any atom is -0.0836 e. The molecule has 0 saturated carbocycles. The number of rotatable bonds is 1. The molecule has 1 aromatic carbocycles. The third-order valence-corrected chi connectivity index (χ3v) is 2.51. The van der Waals surface area contributed by atoms with E-state index in [9.17, 15) is 0 Å². The second-order valence-electron chi connectivity index (χ2n) is 2.10. The molecule has 0 unspecified atom stereocenters. The molecule has 0 aliphatic heterocycles. The van der Waals surface area contributed by atoms with Crippen molar-refractivity contribution in [2.45, 2.75) is 0 Å². The lowest BCUT2D eigenvalue weighted by Gasteiger charge is -1.98. The molecule has 0 bridgehead atoms. The van der Waals surface area contributed by atoms with Crippen LogP contribution in [0.15, 0.2) is 26.1 Å². The summed E-state index contributed by atoms with van der Waals surface area (Å²) < 4.78 is 1.86. The van der Waals surface area contributed by atoms with Gasteiger partial charge in [0.1, 0.15) is 0 Å². The van der Waals surface area contributed by atoms with Crippen molar-refractivity contribution < 1.29 is 0 Å². The maximum atomic E-state index is 5.96. The van der Waals surface area contributed by atoms with Crippen LogP contribution in [0.3, 0.4) is 0 Å². The van der Waals surface area contributed by atoms with E-state index in [0.717, 1.165) is 18.5 Å². The monoisotopic (exact) mass is 372 g/mol. The molecule has 0 radical (unpaired) electrons. The van der Waals surface area contributed by atoms with Gasteiger partial charge in [0.05, 0.1) is 3.39 Å². The van der Waals surface area contributed by atoms with E-state index < -0.39 is 0 Å². The van der Waals surface area contributed by atoms with Gasteiger partial charge in [-0.25, -0.2) is 0 Å². The van der Waals surface area contributed by atoms with E-state index in [2.05, 4.69) is 47.8 Å². The molecule has 0 spiro atoms. The Balaban J connectivity index is 3.10. The lowest BCUT2D eigenvalue weighted by molar-refractivity contribution is 1.61. The van der Waals surface area contributed by atoms with Gasteiger partial charge in [-0.3, -0.25) is 0 Å². The maximum Gasteiger partial charge on any atom is 0.0610 e. The van der Waals surface area contributed by atoms with Crippen LogP contribution < -0.4 is 0 Å². The topological polar surface area (TPSA) is 0 Å². The highest BCUT2D eigenvalue weighted by atomic mass is 79.9. The average molecular weight is 375 g/mol. The van der Waals surface area contributed by atoms with Crippen LogP contribution in [0.4, 0.5) is 0 Å². The molecular formula is C8H4Br3Cl. The van der Waals surface area contributed by atoms with Crippen molar-refractivity contribution >= 4 is 65.5 Å². The molecule has 0 atom stereocenters. The van der Waals surface area contributed by atoms with Crippen molar-refractivity contribution in [3.8, 4) is 0 Å². The zero-order valence-corrected chi connectivity index (χ0v) is 11.3. The molecular weight excluding hydrogens is 371 g/mol. The summed E-state index contributed by atoms with van der Waals surface area (Å²) >= 11 is 15.8. The van der Waals surface area contributed by atoms with Crippen molar-refractivity contribution in [1.29, 1.82) is 0 Å². The number of halogens is 4. The van der Waals surface area contributed by atoms with Crippen molar-refractivity contribution in [3.05, 3.63) is 36.6 Å². The molecule has 12 heavy (non-hydrogen) atoms. The largest absolute Gasteiger partial charge is 0.0836 e. The molecule has 0 aliphatic rings. The first-order chi connectivity index (χ1) is 5.59. The molecule has 0 nitrogen and oxygen atoms in total. The van der Waals surface area contributed by atoms with E-state index in [1.807, 2.05) is 24.3 Å². The molecule has 0 heterocycles. The van der Waals surface area contributed by atoms with Crippen molar-refractivity contribution in [1.82, 2.24) is 0 Å². The maximum absolute atomic E-state index is 5.96. The summed E-state index contributed by atoms with van der Waals surface area (Å²) in [6.45, 7) is 0. The third kappa shape index (κ3) is 3.21. The molecule has 0 saturated heterocycles. The fourth-order valence-corrected chi connectivity index (χ4v) is 1.96. The number of benzene rings is 1. The molecule has 0 amide bonds. The Labute approximate surface area is 101 Å². The quantitative estimate of drug-likeness (QED) is 0.634. The van der Waals surface area contributed by atoms with E-state index in [1.165, 1.54) is 0 Å². The molecule has 1 rings (SSSR count). The van der Waals surface area contributed by atoms with Gasteiger partial charge >= 0.3 is 0 Å². The predicted octanol–water partition coefficient (Wildman–Crippen LogP) is 5.19. The van der Waals surface area contributed by atoms with Crippen LogP contribution in [0.1, 0.15) is 5.56 Å². The Bertz CT molecular complexity index is 316. The molecule has 64 valence electrons. The van der Waals surface area contributed by atoms with Crippen molar-refractivity contribution in [3.63, 3.8) is 0 Å². The SMILES string of the molecule is Clc1cc(Br)ccc1C=C(Br)Br. The first kappa shape index (κ1) is 10.8. The van der Waals surface area contributed by atoms with E-state index >= 15 is 0 Å². The van der Waals surface area contributed by atoms with Crippen molar-refractivity contribution in [2.24, 2.45) is 0 Å². The summed E-state index contributed by atoms with van der Waals surface area (Å²) in [5.74, 6) is 0. The first-order valence-electron chi connectivity index (χ1n) is 3.07. The zero-order chi connectivity index (χ0) is 9.14. The van der Waals surface area contributed by atoms with Gasteiger partial charge in [0.2, 0.25) is 0 Å². The second kappa shape index (κ2) is 4.80. The van der Waals surface area contributed by atoms with E-state index in [4.69, 9.17) is 11.6 Å². The van der Waals surface area contributed by atoms with Crippen LogP contribution in [0.5, 0.6) is 0 Å². The highest BCUT2D eigenvalue weighted by Crippen LogP contribution is 2.26. The fraction of sp³-hybridized carbons (Fsp3) is 0. The number of hydrogen-bond acceptors (Lipinski definition) is 0. The van der Waals surface area contributed by atoms with Gasteiger partial charge in [0, 0.05) is 9.50 Å². The standard InChI is InChI=1S/C8H4Br3Cl/c9-6-2-1-5(3-8(10)11)7(12)4-6/h1-4H. The minimum absolute atomic E-state index is 0.723. The predicted molar refractivity (Wildman–Crippen MR) is 65.0 cm³/mol. The molecule has 0 fully saturated rings. The minimum atomic E-state index is 0.723. The lowest BCUT2D eigenvalue weighted by atomic mass is 10.2. The van der Waals surface area contributed by atoms with E-state index in [-0.39, 0.29) is 0 Å². The highest BCUT2D eigenvalue weighted by Gasteiger charge is 1.97. The first-order valence-corrected chi connectivity index (χ1v) is 5.83. The van der Waals surface area contributed by atoms with Crippen LogP contribution in [-0.4, -0.2) is 0 Å². The zero-order valence-electron chi connectivity index (χ0n) is 5.82.